The molecule has 2 bridgehead atoms. The van der Waals surface area contributed by atoms with Gasteiger partial charge in [0.15, 0.2) is 6.10 Å². The van der Waals surface area contributed by atoms with Crippen LogP contribution >= 0.6 is 22.9 Å². The molecule has 1 aromatic carbocycles. The number of hydrogen-bond donors (Lipinski definition) is 2. The highest BCUT2D eigenvalue weighted by molar-refractivity contribution is 7.08. The van der Waals surface area contributed by atoms with E-state index in [0.29, 0.717) is 63.7 Å². The summed E-state index contributed by atoms with van der Waals surface area (Å²) < 4.78 is 47.3. The van der Waals surface area contributed by atoms with Crippen molar-refractivity contribution in [1.29, 1.82) is 0 Å². The third-order valence-electron chi connectivity index (χ3n) is 11.3. The van der Waals surface area contributed by atoms with Crippen molar-refractivity contribution in [3.05, 3.63) is 44.6 Å². The van der Waals surface area contributed by atoms with Gasteiger partial charge in [0, 0.05) is 81.8 Å². The fourth-order valence-corrected chi connectivity index (χ4v) is 9.51. The molecule has 5 aliphatic heterocycles. The minimum Gasteiger partial charge on any atom is -0.436 e. The van der Waals surface area contributed by atoms with Crippen LogP contribution in [0.4, 0.5) is 34.1 Å². The van der Waals surface area contributed by atoms with E-state index in [9.17, 15) is 27.6 Å². The minimum absolute atomic E-state index is 0.0746. The fraction of sp³-hybridized carbons (Fsp3) is 0.618. The standard InChI is InChI=1S/C34H43ClF3N7O4S/c1-41-16-25-15-24(41)17-45(25)23-3-7-42(8-4-23)31(46)29(14-20-12-26(34(36,37)38)30(39)27(35)13-20)49-33(48)43-9-5-22(6-10-43)44-11-2-21-18-50-19-28(21)40-32(44)47/h12-13,18-19,22-25,29H,2-11,14-17,39H2,1H3,(H,40,47)/t24?,25?,29-/m1/s1. The normalized spacial score (nSPS) is 24.7. The lowest BCUT2D eigenvalue weighted by Crippen LogP contribution is -2.55. The van der Waals surface area contributed by atoms with Crippen molar-refractivity contribution in [2.24, 2.45) is 0 Å². The summed E-state index contributed by atoms with van der Waals surface area (Å²) >= 11 is 7.67. The number of piperazine rings is 1. The zero-order valence-corrected chi connectivity index (χ0v) is 29.5. The van der Waals surface area contributed by atoms with Crippen molar-refractivity contribution in [3.63, 3.8) is 0 Å². The Balaban J connectivity index is 1.02. The smallest absolute Gasteiger partial charge is 0.418 e. The van der Waals surface area contributed by atoms with E-state index in [1.807, 2.05) is 15.7 Å². The lowest BCUT2D eigenvalue weighted by molar-refractivity contribution is -0.142. The number of likely N-dealkylation sites (N-methyl/N-ethyl adjacent to an activating group) is 1. The predicted molar refractivity (Wildman–Crippen MR) is 184 cm³/mol. The molecule has 1 aromatic heterocycles. The lowest BCUT2D eigenvalue weighted by atomic mass is 9.99. The van der Waals surface area contributed by atoms with Crippen LogP contribution in [0.1, 0.15) is 48.8 Å². The third-order valence-corrected chi connectivity index (χ3v) is 12.4. The van der Waals surface area contributed by atoms with Crippen LogP contribution in [0, 0.1) is 0 Å². The van der Waals surface area contributed by atoms with Crippen molar-refractivity contribution < 1.29 is 32.3 Å². The number of fused-ring (bicyclic) bond motifs is 3. The first kappa shape index (κ1) is 35.1. The molecule has 6 heterocycles. The second kappa shape index (κ2) is 14.0. The van der Waals surface area contributed by atoms with Crippen LogP contribution in [0.15, 0.2) is 22.9 Å². The Morgan fingerprint density at radius 1 is 1.00 bits per heavy atom. The quantitative estimate of drug-likeness (QED) is 0.402. The number of benzene rings is 1. The Hall–Kier alpha value is -3.27. The van der Waals surface area contributed by atoms with Gasteiger partial charge in [0.05, 0.1) is 22.0 Å². The van der Waals surface area contributed by atoms with E-state index in [-0.39, 0.29) is 29.1 Å². The molecule has 16 heteroatoms. The van der Waals surface area contributed by atoms with Gasteiger partial charge in [-0.1, -0.05) is 11.6 Å². The number of nitrogens with one attached hydrogen (secondary N) is 1. The Morgan fingerprint density at radius 2 is 1.70 bits per heavy atom. The molecule has 7 rings (SSSR count). The summed E-state index contributed by atoms with van der Waals surface area (Å²) in [6.45, 7) is 4.18. The number of amides is 4. The number of hydrogen-bond acceptors (Lipinski definition) is 8. The van der Waals surface area contributed by atoms with E-state index in [2.05, 4.69) is 22.2 Å². The SMILES string of the molecule is CN1CC2CC1CN2C1CCN(C(=O)[C@@H](Cc2cc(Cl)c(N)c(C(F)(F)F)c2)OC(=O)N2CCC(N3CCc4cscc4NC3=O)CC2)CC1. The number of alkyl halides is 3. The molecule has 0 radical (unpaired) electrons. The summed E-state index contributed by atoms with van der Waals surface area (Å²) in [5.74, 6) is -0.440. The lowest BCUT2D eigenvalue weighted by Gasteiger charge is -2.42. The zero-order valence-electron chi connectivity index (χ0n) is 28.0. The summed E-state index contributed by atoms with van der Waals surface area (Å²) in [6, 6.07) is 3.37. The summed E-state index contributed by atoms with van der Waals surface area (Å²) in [5, 5.41) is 6.66. The number of rotatable bonds is 6. The molecule has 4 saturated heterocycles. The van der Waals surface area contributed by atoms with Crippen molar-refractivity contribution in [2.75, 3.05) is 63.9 Å². The topological polar surface area (TPSA) is 115 Å². The molecule has 4 amide bonds. The molecule has 3 atom stereocenters. The summed E-state index contributed by atoms with van der Waals surface area (Å²) in [7, 11) is 2.16. The number of halogens is 4. The van der Waals surface area contributed by atoms with Crippen LogP contribution in [-0.2, 0) is 28.5 Å². The van der Waals surface area contributed by atoms with E-state index in [1.54, 1.807) is 16.2 Å². The maximum Gasteiger partial charge on any atom is 0.418 e. The molecule has 2 unspecified atom stereocenters. The van der Waals surface area contributed by atoms with Gasteiger partial charge < -0.3 is 35.4 Å². The molecular formula is C34H43ClF3N7O4S. The number of anilines is 2. The van der Waals surface area contributed by atoms with Crippen LogP contribution in [0.5, 0.6) is 0 Å². The second-order valence-corrected chi connectivity index (χ2v) is 15.4. The van der Waals surface area contributed by atoms with Crippen LogP contribution in [0.2, 0.25) is 5.02 Å². The minimum atomic E-state index is -4.76. The molecule has 5 aliphatic rings. The van der Waals surface area contributed by atoms with E-state index in [4.69, 9.17) is 22.1 Å². The largest absolute Gasteiger partial charge is 0.436 e. The first-order valence-electron chi connectivity index (χ1n) is 17.3. The van der Waals surface area contributed by atoms with Gasteiger partial charge in [0.2, 0.25) is 0 Å². The molecule has 50 heavy (non-hydrogen) atoms. The molecule has 11 nitrogen and oxygen atoms in total. The maximum absolute atomic E-state index is 14.0. The van der Waals surface area contributed by atoms with Crippen LogP contribution in [0.25, 0.3) is 0 Å². The van der Waals surface area contributed by atoms with Crippen LogP contribution in [0.3, 0.4) is 0 Å². The number of ether oxygens (including phenoxy) is 1. The first-order valence-corrected chi connectivity index (χ1v) is 18.7. The highest BCUT2D eigenvalue weighted by Gasteiger charge is 2.45. The van der Waals surface area contributed by atoms with Gasteiger partial charge >= 0.3 is 18.3 Å². The number of nitrogens with two attached hydrogens (primary N) is 1. The summed E-state index contributed by atoms with van der Waals surface area (Å²) in [4.78, 5) is 50.6. The van der Waals surface area contributed by atoms with E-state index >= 15 is 0 Å². The predicted octanol–water partition coefficient (Wildman–Crippen LogP) is 4.98. The fourth-order valence-electron chi connectivity index (χ4n) is 8.45. The molecule has 272 valence electrons. The number of thiophene rings is 1. The highest BCUT2D eigenvalue weighted by atomic mass is 35.5. The molecule has 2 aromatic rings. The van der Waals surface area contributed by atoms with Crippen molar-refractivity contribution in [1.82, 2.24) is 24.5 Å². The van der Waals surface area contributed by atoms with Crippen molar-refractivity contribution in [3.8, 4) is 0 Å². The van der Waals surface area contributed by atoms with Gasteiger partial charge in [-0.25, -0.2) is 9.59 Å². The number of nitrogen functional groups attached to an aromatic ring is 1. The molecule has 4 fully saturated rings. The van der Waals surface area contributed by atoms with Crippen molar-refractivity contribution in [2.45, 2.75) is 81.4 Å². The number of nitrogens with zero attached hydrogens (tertiary/aromatic N) is 5. The van der Waals surface area contributed by atoms with E-state index in [0.717, 1.165) is 56.1 Å². The number of carbonyl (C=O) groups is 3. The van der Waals surface area contributed by atoms with Crippen LogP contribution in [-0.4, -0.2) is 126 Å². The van der Waals surface area contributed by atoms with Crippen molar-refractivity contribution >= 4 is 52.3 Å². The maximum atomic E-state index is 14.0. The number of likely N-dealkylation sites (tertiary alicyclic amines) is 4. The van der Waals surface area contributed by atoms with Gasteiger partial charge in [-0.2, -0.15) is 13.2 Å². The van der Waals surface area contributed by atoms with Gasteiger partial charge in [-0.15, -0.1) is 11.3 Å². The average Bonchev–Trinajstić information content (AvgIpc) is 3.79. The van der Waals surface area contributed by atoms with E-state index in [1.165, 1.54) is 11.0 Å². The first-order chi connectivity index (χ1) is 23.9. The van der Waals surface area contributed by atoms with Crippen LogP contribution < -0.4 is 11.1 Å². The van der Waals surface area contributed by atoms with Gasteiger partial charge in [0.25, 0.3) is 5.91 Å². The monoisotopic (exact) mass is 737 g/mol. The third kappa shape index (κ3) is 7.10. The van der Waals surface area contributed by atoms with E-state index < -0.39 is 35.5 Å². The van der Waals surface area contributed by atoms with Gasteiger partial charge in [0.1, 0.15) is 0 Å². The Kier molecular flexibility index (Phi) is 9.87. The Bertz CT molecular complexity index is 1610. The average molecular weight is 738 g/mol. The number of piperidine rings is 2. The summed E-state index contributed by atoms with van der Waals surface area (Å²) in [6.07, 6.45) is -2.62. The number of urea groups is 1. The molecule has 0 aliphatic carbocycles. The molecule has 3 N–H and O–H groups in total. The zero-order chi connectivity index (χ0) is 35.3. The Labute approximate surface area is 298 Å². The van der Waals surface area contributed by atoms with Gasteiger partial charge in [-0.3, -0.25) is 9.69 Å². The molecule has 0 spiro atoms. The molecule has 0 saturated carbocycles. The highest BCUT2D eigenvalue weighted by Crippen LogP contribution is 2.39. The van der Waals surface area contributed by atoms with Gasteiger partial charge in [-0.05, 0) is 74.2 Å². The second-order valence-electron chi connectivity index (χ2n) is 14.3. The Morgan fingerprint density at radius 3 is 2.36 bits per heavy atom. The summed E-state index contributed by atoms with van der Waals surface area (Å²) in [5.41, 5.74) is 6.00. The molecular weight excluding hydrogens is 695 g/mol. The number of carbonyl (C=O) groups excluding carboxylic acids is 3.